The molecule has 1 aliphatic heterocycles. The van der Waals surface area contributed by atoms with Crippen LogP contribution in [0.5, 0.6) is 11.5 Å². The number of rotatable bonds is 6. The lowest BCUT2D eigenvalue weighted by Gasteiger charge is -2.24. The fourth-order valence-electron chi connectivity index (χ4n) is 3.00. The normalized spacial score (nSPS) is 17.7. The highest BCUT2D eigenvalue weighted by Gasteiger charge is 2.17. The van der Waals surface area contributed by atoms with Crippen LogP contribution in [0.25, 0.3) is 0 Å². The molecule has 1 N–H and O–H groups in total. The Morgan fingerprint density at radius 2 is 1.87 bits per heavy atom. The molecule has 0 bridgehead atoms. The Balaban J connectivity index is 1.73. The summed E-state index contributed by atoms with van der Waals surface area (Å²) in [5.41, 5.74) is 2.45. The molecule has 0 radical (unpaired) electrons. The minimum Gasteiger partial charge on any atom is -0.490 e. The van der Waals surface area contributed by atoms with E-state index < -0.39 is 0 Å². The van der Waals surface area contributed by atoms with Gasteiger partial charge in [-0.25, -0.2) is 0 Å². The number of nitrogens with one attached hydrogen (secondary N) is 1. The van der Waals surface area contributed by atoms with Gasteiger partial charge < -0.3 is 14.8 Å². The average molecular weight is 311 g/mol. The number of hydrogen-bond donors (Lipinski definition) is 1. The van der Waals surface area contributed by atoms with Gasteiger partial charge in [-0.2, -0.15) is 0 Å². The van der Waals surface area contributed by atoms with Gasteiger partial charge in [-0.3, -0.25) is 0 Å². The molecular weight excluding hydrogens is 286 g/mol. The highest BCUT2D eigenvalue weighted by atomic mass is 16.5. The molecule has 2 aromatic carbocycles. The van der Waals surface area contributed by atoms with Crippen molar-refractivity contribution in [3.05, 3.63) is 59.7 Å². The Morgan fingerprint density at radius 3 is 2.61 bits per heavy atom. The molecule has 1 atom stereocenters. The molecule has 0 spiro atoms. The second-order valence-electron chi connectivity index (χ2n) is 5.92. The maximum Gasteiger partial charge on any atom is 0.161 e. The lowest BCUT2D eigenvalue weighted by molar-refractivity contribution is 0.268. The summed E-state index contributed by atoms with van der Waals surface area (Å²) in [5, 5.41) is 3.59. The summed E-state index contributed by atoms with van der Waals surface area (Å²) in [6.45, 7) is 4.30. The molecule has 0 aromatic heterocycles. The van der Waals surface area contributed by atoms with E-state index in [2.05, 4.69) is 29.6 Å². The van der Waals surface area contributed by atoms with Crippen molar-refractivity contribution in [1.82, 2.24) is 5.32 Å². The van der Waals surface area contributed by atoms with Gasteiger partial charge >= 0.3 is 0 Å². The van der Waals surface area contributed by atoms with Crippen LogP contribution in [0, 0.1) is 0 Å². The van der Waals surface area contributed by atoms with Crippen molar-refractivity contribution >= 4 is 0 Å². The summed E-state index contributed by atoms with van der Waals surface area (Å²) in [4.78, 5) is 0. The largest absolute Gasteiger partial charge is 0.490 e. The van der Waals surface area contributed by atoms with Crippen molar-refractivity contribution in [2.75, 3.05) is 13.2 Å². The minimum absolute atomic E-state index is 0.436. The van der Waals surface area contributed by atoms with Crippen LogP contribution in [-0.4, -0.2) is 13.2 Å². The van der Waals surface area contributed by atoms with E-state index in [1.807, 2.05) is 31.2 Å². The summed E-state index contributed by atoms with van der Waals surface area (Å²) in [6, 6.07) is 17.0. The van der Waals surface area contributed by atoms with Gasteiger partial charge in [0.1, 0.15) is 6.61 Å². The van der Waals surface area contributed by atoms with E-state index in [1.54, 1.807) is 0 Å². The summed E-state index contributed by atoms with van der Waals surface area (Å²) in [5.74, 6) is 1.66. The van der Waals surface area contributed by atoms with E-state index in [0.717, 1.165) is 23.6 Å². The van der Waals surface area contributed by atoms with Crippen LogP contribution in [0.3, 0.4) is 0 Å². The fourth-order valence-corrected chi connectivity index (χ4v) is 3.00. The number of ether oxygens (including phenoxy) is 2. The average Bonchev–Trinajstić information content (AvgIpc) is 2.62. The van der Waals surface area contributed by atoms with Gasteiger partial charge in [0.05, 0.1) is 6.61 Å². The Labute approximate surface area is 138 Å². The van der Waals surface area contributed by atoms with Crippen molar-refractivity contribution in [2.24, 2.45) is 0 Å². The van der Waals surface area contributed by atoms with E-state index in [4.69, 9.17) is 9.47 Å². The lowest BCUT2D eigenvalue weighted by atomic mass is 9.97. The van der Waals surface area contributed by atoms with Crippen LogP contribution in [0.15, 0.2) is 48.5 Å². The van der Waals surface area contributed by atoms with Crippen molar-refractivity contribution in [3.63, 3.8) is 0 Å². The van der Waals surface area contributed by atoms with Crippen LogP contribution in [0.4, 0.5) is 0 Å². The molecule has 1 heterocycles. The minimum atomic E-state index is 0.436. The highest BCUT2D eigenvalue weighted by Crippen LogP contribution is 2.33. The first-order valence-corrected chi connectivity index (χ1v) is 8.53. The third-order valence-corrected chi connectivity index (χ3v) is 4.22. The van der Waals surface area contributed by atoms with Crippen molar-refractivity contribution in [3.8, 4) is 11.5 Å². The molecule has 122 valence electrons. The molecule has 2 aromatic rings. The van der Waals surface area contributed by atoms with Gasteiger partial charge in [0.15, 0.2) is 11.5 Å². The zero-order chi connectivity index (χ0) is 15.9. The summed E-state index contributed by atoms with van der Waals surface area (Å²) in [6.07, 6.45) is 3.75. The van der Waals surface area contributed by atoms with Crippen LogP contribution in [0.1, 0.15) is 43.4 Å². The molecule has 3 nitrogen and oxygen atoms in total. The van der Waals surface area contributed by atoms with Crippen LogP contribution in [-0.2, 0) is 6.61 Å². The van der Waals surface area contributed by atoms with Crippen LogP contribution >= 0.6 is 0 Å². The molecule has 3 heteroatoms. The Morgan fingerprint density at radius 1 is 1.00 bits per heavy atom. The second-order valence-corrected chi connectivity index (χ2v) is 5.92. The first kappa shape index (κ1) is 15.9. The van der Waals surface area contributed by atoms with E-state index in [1.165, 1.54) is 24.8 Å². The molecule has 0 aliphatic carbocycles. The van der Waals surface area contributed by atoms with Crippen LogP contribution in [0.2, 0.25) is 0 Å². The van der Waals surface area contributed by atoms with Gasteiger partial charge in [-0.15, -0.1) is 0 Å². The molecule has 0 saturated carbocycles. The van der Waals surface area contributed by atoms with E-state index in [0.29, 0.717) is 19.3 Å². The van der Waals surface area contributed by atoms with Crippen LogP contribution < -0.4 is 14.8 Å². The van der Waals surface area contributed by atoms with Gasteiger partial charge in [-0.05, 0) is 49.6 Å². The van der Waals surface area contributed by atoms with Gasteiger partial charge in [0.25, 0.3) is 0 Å². The molecule has 1 aliphatic rings. The first-order chi connectivity index (χ1) is 11.4. The number of hydrogen-bond acceptors (Lipinski definition) is 3. The quantitative estimate of drug-likeness (QED) is 0.853. The smallest absolute Gasteiger partial charge is 0.161 e. The van der Waals surface area contributed by atoms with Gasteiger partial charge in [0.2, 0.25) is 0 Å². The Kier molecular flexibility index (Phi) is 5.54. The van der Waals surface area contributed by atoms with Crippen molar-refractivity contribution in [1.29, 1.82) is 0 Å². The monoisotopic (exact) mass is 311 g/mol. The van der Waals surface area contributed by atoms with E-state index in [-0.39, 0.29) is 0 Å². The lowest BCUT2D eigenvalue weighted by Crippen LogP contribution is -2.26. The summed E-state index contributed by atoms with van der Waals surface area (Å²) >= 11 is 0. The number of benzene rings is 2. The third-order valence-electron chi connectivity index (χ3n) is 4.22. The molecule has 1 saturated heterocycles. The maximum absolute atomic E-state index is 5.97. The second kappa shape index (κ2) is 8.02. The third kappa shape index (κ3) is 4.26. The predicted octanol–water partition coefficient (Wildman–Crippen LogP) is 4.48. The van der Waals surface area contributed by atoms with Gasteiger partial charge in [0, 0.05) is 6.04 Å². The summed E-state index contributed by atoms with van der Waals surface area (Å²) in [7, 11) is 0. The van der Waals surface area contributed by atoms with E-state index >= 15 is 0 Å². The predicted molar refractivity (Wildman–Crippen MR) is 93.0 cm³/mol. The molecular formula is C20H25NO2. The molecule has 3 rings (SSSR count). The number of piperidine rings is 1. The maximum atomic E-state index is 5.97. The molecule has 23 heavy (non-hydrogen) atoms. The van der Waals surface area contributed by atoms with E-state index in [9.17, 15) is 0 Å². The first-order valence-electron chi connectivity index (χ1n) is 8.53. The molecule has 0 amide bonds. The van der Waals surface area contributed by atoms with Crippen molar-refractivity contribution < 1.29 is 9.47 Å². The zero-order valence-electron chi connectivity index (χ0n) is 13.8. The molecule has 0 unspecified atom stereocenters. The van der Waals surface area contributed by atoms with Crippen molar-refractivity contribution in [2.45, 2.75) is 38.8 Å². The topological polar surface area (TPSA) is 30.5 Å². The zero-order valence-corrected chi connectivity index (χ0v) is 13.8. The summed E-state index contributed by atoms with van der Waals surface area (Å²) < 4.78 is 11.8. The Bertz CT molecular complexity index is 606. The Hall–Kier alpha value is -2.00. The van der Waals surface area contributed by atoms with Gasteiger partial charge in [-0.1, -0.05) is 42.8 Å². The molecule has 1 fully saturated rings. The highest BCUT2D eigenvalue weighted by molar-refractivity contribution is 5.44. The SMILES string of the molecule is CCOc1cc([C@H]2CCCCN2)ccc1OCc1ccccc1. The standard InChI is InChI=1S/C20H25NO2/c1-2-22-20-14-17(18-10-6-7-13-21-18)11-12-19(20)23-15-16-8-4-3-5-9-16/h3-5,8-9,11-12,14,18,21H,2,6-7,10,13,15H2,1H3/t18-/m1/s1. The fraction of sp³-hybridized carbons (Fsp3) is 0.400.